The molecule has 0 aliphatic carbocycles. The van der Waals surface area contributed by atoms with Crippen LogP contribution >= 0.6 is 0 Å². The van der Waals surface area contributed by atoms with Crippen LogP contribution in [-0.4, -0.2) is 15.7 Å². The molecular formula is C14H17N3O2. The van der Waals surface area contributed by atoms with E-state index in [9.17, 15) is 9.59 Å². The first-order chi connectivity index (χ1) is 9.18. The predicted molar refractivity (Wildman–Crippen MR) is 74.1 cm³/mol. The molecule has 19 heavy (non-hydrogen) atoms. The van der Waals surface area contributed by atoms with Crippen molar-refractivity contribution in [2.75, 3.05) is 6.54 Å². The maximum atomic E-state index is 11.7. The van der Waals surface area contributed by atoms with Crippen LogP contribution in [-0.2, 0) is 20.1 Å². The Labute approximate surface area is 111 Å². The Morgan fingerprint density at radius 1 is 1.05 bits per heavy atom. The summed E-state index contributed by atoms with van der Waals surface area (Å²) in [6.07, 6.45) is 3.23. The SMILES string of the molecule is Cn1ccn(CCNCc2ccccc2)c(=O)c1=O. The molecule has 0 saturated carbocycles. The van der Waals surface area contributed by atoms with Gasteiger partial charge >= 0.3 is 11.1 Å². The average Bonchev–Trinajstić information content (AvgIpc) is 2.44. The van der Waals surface area contributed by atoms with Crippen molar-refractivity contribution < 1.29 is 0 Å². The van der Waals surface area contributed by atoms with E-state index in [-0.39, 0.29) is 0 Å². The number of hydrogen-bond acceptors (Lipinski definition) is 3. The van der Waals surface area contributed by atoms with E-state index in [1.165, 1.54) is 14.7 Å². The molecule has 0 spiro atoms. The van der Waals surface area contributed by atoms with Gasteiger partial charge in [0.25, 0.3) is 0 Å². The minimum absolute atomic E-state index is 0.480. The number of nitrogens with one attached hydrogen (secondary N) is 1. The molecule has 5 heteroatoms. The molecule has 5 nitrogen and oxygen atoms in total. The fourth-order valence-electron chi connectivity index (χ4n) is 1.79. The molecule has 0 aliphatic heterocycles. The van der Waals surface area contributed by atoms with Crippen molar-refractivity contribution in [1.82, 2.24) is 14.5 Å². The van der Waals surface area contributed by atoms with E-state index < -0.39 is 11.1 Å². The summed E-state index contributed by atoms with van der Waals surface area (Å²) >= 11 is 0. The Balaban J connectivity index is 1.89. The lowest BCUT2D eigenvalue weighted by molar-refractivity contribution is 0.572. The van der Waals surface area contributed by atoms with Crippen LogP contribution in [0.4, 0.5) is 0 Å². The highest BCUT2D eigenvalue weighted by atomic mass is 16.2. The van der Waals surface area contributed by atoms with Gasteiger partial charge in [0.1, 0.15) is 0 Å². The molecule has 2 rings (SSSR count). The molecule has 0 unspecified atom stereocenters. The van der Waals surface area contributed by atoms with E-state index in [0.29, 0.717) is 13.1 Å². The largest absolute Gasteiger partial charge is 0.316 e. The lowest BCUT2D eigenvalue weighted by Crippen LogP contribution is -2.40. The highest BCUT2D eigenvalue weighted by molar-refractivity contribution is 5.14. The second-order valence-corrected chi connectivity index (χ2v) is 4.38. The molecule has 0 atom stereocenters. The Hall–Kier alpha value is -2.14. The maximum absolute atomic E-state index is 11.7. The van der Waals surface area contributed by atoms with Crippen molar-refractivity contribution in [2.45, 2.75) is 13.1 Å². The average molecular weight is 259 g/mol. The molecule has 0 amide bonds. The Morgan fingerprint density at radius 3 is 2.53 bits per heavy atom. The van der Waals surface area contributed by atoms with Gasteiger partial charge in [0, 0.05) is 39.1 Å². The highest BCUT2D eigenvalue weighted by Gasteiger charge is 2.01. The molecule has 0 aliphatic rings. The van der Waals surface area contributed by atoms with E-state index >= 15 is 0 Å². The van der Waals surface area contributed by atoms with Crippen LogP contribution in [0, 0.1) is 0 Å². The van der Waals surface area contributed by atoms with Crippen molar-refractivity contribution >= 4 is 0 Å². The molecule has 1 aromatic heterocycles. The van der Waals surface area contributed by atoms with Crippen molar-refractivity contribution in [3.05, 3.63) is 69.0 Å². The van der Waals surface area contributed by atoms with E-state index in [1.807, 2.05) is 30.3 Å². The van der Waals surface area contributed by atoms with Crippen LogP contribution in [0.3, 0.4) is 0 Å². The maximum Gasteiger partial charge on any atom is 0.316 e. The first-order valence-electron chi connectivity index (χ1n) is 6.19. The number of hydrogen-bond donors (Lipinski definition) is 1. The molecule has 1 heterocycles. The number of rotatable bonds is 5. The molecule has 0 bridgehead atoms. The van der Waals surface area contributed by atoms with Gasteiger partial charge in [0.05, 0.1) is 0 Å². The van der Waals surface area contributed by atoms with E-state index in [1.54, 1.807) is 19.4 Å². The second-order valence-electron chi connectivity index (χ2n) is 4.38. The van der Waals surface area contributed by atoms with Gasteiger partial charge in [0.15, 0.2) is 0 Å². The monoisotopic (exact) mass is 259 g/mol. The fraction of sp³-hybridized carbons (Fsp3) is 0.286. The molecule has 1 aromatic carbocycles. The summed E-state index contributed by atoms with van der Waals surface area (Å²) in [7, 11) is 1.57. The van der Waals surface area contributed by atoms with Crippen LogP contribution in [0.25, 0.3) is 0 Å². The summed E-state index contributed by atoms with van der Waals surface area (Å²) in [5, 5.41) is 3.24. The second kappa shape index (κ2) is 6.15. The zero-order valence-corrected chi connectivity index (χ0v) is 10.9. The quantitative estimate of drug-likeness (QED) is 0.622. The first kappa shape index (κ1) is 13.3. The van der Waals surface area contributed by atoms with Gasteiger partial charge in [-0.2, -0.15) is 0 Å². The van der Waals surface area contributed by atoms with Crippen molar-refractivity contribution in [3.8, 4) is 0 Å². The number of aryl methyl sites for hydroxylation is 1. The topological polar surface area (TPSA) is 56.0 Å². The van der Waals surface area contributed by atoms with Crippen molar-refractivity contribution in [1.29, 1.82) is 0 Å². The lowest BCUT2D eigenvalue weighted by atomic mass is 10.2. The third-order valence-electron chi connectivity index (χ3n) is 2.94. The van der Waals surface area contributed by atoms with Crippen LogP contribution in [0.15, 0.2) is 52.3 Å². The van der Waals surface area contributed by atoms with Gasteiger partial charge in [-0.15, -0.1) is 0 Å². The molecule has 0 radical (unpaired) electrons. The number of benzene rings is 1. The zero-order valence-electron chi connectivity index (χ0n) is 10.9. The van der Waals surface area contributed by atoms with E-state index in [4.69, 9.17) is 0 Å². The highest BCUT2D eigenvalue weighted by Crippen LogP contribution is 1.96. The summed E-state index contributed by atoms with van der Waals surface area (Å²) in [4.78, 5) is 23.1. The summed E-state index contributed by atoms with van der Waals surface area (Å²) in [5.41, 5.74) is 0.218. The Morgan fingerprint density at radius 2 is 1.79 bits per heavy atom. The summed E-state index contributed by atoms with van der Waals surface area (Å²) in [6, 6.07) is 10.0. The van der Waals surface area contributed by atoms with Crippen molar-refractivity contribution in [3.63, 3.8) is 0 Å². The minimum atomic E-state index is -0.495. The third-order valence-corrected chi connectivity index (χ3v) is 2.94. The van der Waals surface area contributed by atoms with Gasteiger partial charge in [-0.05, 0) is 5.56 Å². The van der Waals surface area contributed by atoms with Gasteiger partial charge in [-0.1, -0.05) is 30.3 Å². The lowest BCUT2D eigenvalue weighted by Gasteiger charge is -2.07. The predicted octanol–water partition coefficient (Wildman–Crippen LogP) is 0.337. The third kappa shape index (κ3) is 3.42. The normalized spacial score (nSPS) is 10.6. The molecule has 100 valence electrons. The Bertz CT molecular complexity index is 644. The Kier molecular flexibility index (Phi) is 4.30. The van der Waals surface area contributed by atoms with E-state index in [2.05, 4.69) is 5.32 Å². The minimum Gasteiger partial charge on any atom is -0.312 e. The summed E-state index contributed by atoms with van der Waals surface area (Å²) < 4.78 is 2.72. The molecule has 0 saturated heterocycles. The summed E-state index contributed by atoms with van der Waals surface area (Å²) in [5.74, 6) is 0. The van der Waals surface area contributed by atoms with Crippen LogP contribution < -0.4 is 16.4 Å². The smallest absolute Gasteiger partial charge is 0.312 e. The zero-order chi connectivity index (χ0) is 13.7. The molecule has 2 aromatic rings. The number of nitrogens with zero attached hydrogens (tertiary/aromatic N) is 2. The van der Waals surface area contributed by atoms with Crippen LogP contribution in [0.1, 0.15) is 5.56 Å². The van der Waals surface area contributed by atoms with Gasteiger partial charge < -0.3 is 14.5 Å². The fourth-order valence-corrected chi connectivity index (χ4v) is 1.79. The van der Waals surface area contributed by atoms with Crippen LogP contribution in [0.5, 0.6) is 0 Å². The number of aromatic nitrogens is 2. The van der Waals surface area contributed by atoms with Gasteiger partial charge in [-0.25, -0.2) is 0 Å². The summed E-state index contributed by atoms with van der Waals surface area (Å²) in [6.45, 7) is 1.88. The van der Waals surface area contributed by atoms with Crippen molar-refractivity contribution in [2.24, 2.45) is 7.05 Å². The standard InChI is InChI=1S/C14H17N3O2/c1-16-9-10-17(14(19)13(16)18)8-7-15-11-12-5-3-2-4-6-12/h2-6,9-10,15H,7-8,11H2,1H3. The van der Waals surface area contributed by atoms with Crippen LogP contribution in [0.2, 0.25) is 0 Å². The van der Waals surface area contributed by atoms with E-state index in [0.717, 1.165) is 6.54 Å². The molecule has 1 N–H and O–H groups in total. The molecule has 0 fully saturated rings. The van der Waals surface area contributed by atoms with Gasteiger partial charge in [0.2, 0.25) is 0 Å². The van der Waals surface area contributed by atoms with Gasteiger partial charge in [-0.3, -0.25) is 9.59 Å². The first-order valence-corrected chi connectivity index (χ1v) is 6.19. The molecular weight excluding hydrogens is 242 g/mol.